The first-order valence-corrected chi connectivity index (χ1v) is 7.11. The van der Waals surface area contributed by atoms with Crippen LogP contribution in [0.1, 0.15) is 12.5 Å². The summed E-state index contributed by atoms with van der Waals surface area (Å²) in [5.74, 6) is 1.14. The number of thioether (sulfide) groups is 1. The Hall–Kier alpha value is -0.660. The van der Waals surface area contributed by atoms with E-state index in [4.69, 9.17) is 0 Å². The summed E-state index contributed by atoms with van der Waals surface area (Å²) in [6.07, 6.45) is 0. The first-order chi connectivity index (χ1) is 7.72. The van der Waals surface area contributed by atoms with Gasteiger partial charge in [0.1, 0.15) is 6.07 Å². The third-order valence-corrected chi connectivity index (χ3v) is 4.48. The fourth-order valence-electron chi connectivity index (χ4n) is 1.92. The standard InChI is InChI=1S/C12H13BrN2S/c1-9-8-15(5-6-16-9)12-4-2-3-11(13)10(12)7-14/h2-4,9H,5-6,8H2,1H3. The van der Waals surface area contributed by atoms with Gasteiger partial charge in [-0.15, -0.1) is 0 Å². The molecule has 1 unspecified atom stereocenters. The van der Waals surface area contributed by atoms with E-state index in [2.05, 4.69) is 33.8 Å². The molecule has 1 aliphatic heterocycles. The highest BCUT2D eigenvalue weighted by molar-refractivity contribution is 9.10. The fraction of sp³-hybridized carbons (Fsp3) is 0.417. The van der Waals surface area contributed by atoms with Crippen molar-refractivity contribution in [3.8, 4) is 6.07 Å². The highest BCUT2D eigenvalue weighted by Crippen LogP contribution is 2.30. The number of benzene rings is 1. The summed E-state index contributed by atoms with van der Waals surface area (Å²) in [5, 5.41) is 9.82. The lowest BCUT2D eigenvalue weighted by Crippen LogP contribution is -2.37. The van der Waals surface area contributed by atoms with Crippen LogP contribution in [-0.4, -0.2) is 24.1 Å². The second-order valence-electron chi connectivity index (χ2n) is 3.87. The zero-order valence-corrected chi connectivity index (χ0v) is 11.5. The summed E-state index contributed by atoms with van der Waals surface area (Å²) in [4.78, 5) is 2.31. The second-order valence-corrected chi connectivity index (χ2v) is 6.27. The summed E-state index contributed by atoms with van der Waals surface area (Å²) in [6, 6.07) is 8.23. The number of rotatable bonds is 1. The van der Waals surface area contributed by atoms with Crippen LogP contribution in [0.15, 0.2) is 22.7 Å². The molecule has 0 bridgehead atoms. The molecule has 2 nitrogen and oxygen atoms in total. The van der Waals surface area contributed by atoms with Crippen LogP contribution in [0.3, 0.4) is 0 Å². The lowest BCUT2D eigenvalue weighted by Gasteiger charge is -2.33. The van der Waals surface area contributed by atoms with E-state index in [1.165, 1.54) is 0 Å². The molecule has 0 radical (unpaired) electrons. The van der Waals surface area contributed by atoms with Gasteiger partial charge in [0.2, 0.25) is 0 Å². The normalized spacial score (nSPS) is 20.6. The molecule has 1 atom stereocenters. The van der Waals surface area contributed by atoms with E-state index >= 15 is 0 Å². The molecule has 0 aliphatic carbocycles. The van der Waals surface area contributed by atoms with Gasteiger partial charge in [-0.05, 0) is 28.1 Å². The van der Waals surface area contributed by atoms with E-state index in [9.17, 15) is 5.26 Å². The number of nitrogens with zero attached hydrogens (tertiary/aromatic N) is 2. The van der Waals surface area contributed by atoms with E-state index in [0.717, 1.165) is 34.6 Å². The first-order valence-electron chi connectivity index (χ1n) is 5.27. The lowest BCUT2D eigenvalue weighted by atomic mass is 10.1. The molecule has 0 saturated carbocycles. The zero-order chi connectivity index (χ0) is 11.5. The Bertz CT molecular complexity index is 428. The summed E-state index contributed by atoms with van der Waals surface area (Å²) in [6.45, 7) is 4.29. The molecule has 1 aromatic rings. The van der Waals surface area contributed by atoms with Gasteiger partial charge in [0.15, 0.2) is 0 Å². The molecule has 1 fully saturated rings. The molecule has 0 amide bonds. The van der Waals surface area contributed by atoms with Crippen molar-refractivity contribution in [3.05, 3.63) is 28.2 Å². The van der Waals surface area contributed by atoms with Gasteiger partial charge in [0, 0.05) is 28.6 Å². The van der Waals surface area contributed by atoms with Crippen molar-refractivity contribution in [1.29, 1.82) is 5.26 Å². The third-order valence-electron chi connectivity index (χ3n) is 2.69. The minimum absolute atomic E-state index is 0.638. The van der Waals surface area contributed by atoms with Gasteiger partial charge >= 0.3 is 0 Å². The maximum Gasteiger partial charge on any atom is 0.103 e. The quantitative estimate of drug-likeness (QED) is 0.796. The summed E-state index contributed by atoms with van der Waals surface area (Å²) in [7, 11) is 0. The molecule has 2 rings (SSSR count). The van der Waals surface area contributed by atoms with Crippen molar-refractivity contribution < 1.29 is 0 Å². The van der Waals surface area contributed by atoms with Gasteiger partial charge < -0.3 is 4.90 Å². The van der Waals surface area contributed by atoms with E-state index in [1.807, 2.05) is 30.0 Å². The van der Waals surface area contributed by atoms with Crippen LogP contribution < -0.4 is 4.90 Å². The fourth-order valence-corrected chi connectivity index (χ4v) is 3.38. The van der Waals surface area contributed by atoms with Crippen molar-refractivity contribution in [1.82, 2.24) is 0 Å². The Kier molecular flexibility index (Phi) is 3.78. The maximum atomic E-state index is 9.18. The minimum Gasteiger partial charge on any atom is -0.369 e. The van der Waals surface area contributed by atoms with Gasteiger partial charge in [-0.1, -0.05) is 13.0 Å². The summed E-state index contributed by atoms with van der Waals surface area (Å²) < 4.78 is 0.887. The summed E-state index contributed by atoms with van der Waals surface area (Å²) in [5.41, 5.74) is 1.81. The van der Waals surface area contributed by atoms with Crippen molar-refractivity contribution in [3.63, 3.8) is 0 Å². The van der Waals surface area contributed by atoms with Crippen molar-refractivity contribution in [2.45, 2.75) is 12.2 Å². The Morgan fingerprint density at radius 2 is 2.38 bits per heavy atom. The topological polar surface area (TPSA) is 27.0 Å². The number of nitriles is 1. The van der Waals surface area contributed by atoms with Crippen LogP contribution >= 0.6 is 27.7 Å². The molecule has 0 spiro atoms. The van der Waals surface area contributed by atoms with Gasteiger partial charge in [-0.25, -0.2) is 0 Å². The number of hydrogen-bond acceptors (Lipinski definition) is 3. The molecular weight excluding hydrogens is 284 g/mol. The average molecular weight is 297 g/mol. The van der Waals surface area contributed by atoms with Crippen LogP contribution in [0.5, 0.6) is 0 Å². The average Bonchev–Trinajstić information content (AvgIpc) is 2.28. The van der Waals surface area contributed by atoms with Crippen LogP contribution in [-0.2, 0) is 0 Å². The molecule has 0 N–H and O–H groups in total. The maximum absolute atomic E-state index is 9.18. The SMILES string of the molecule is CC1CN(c2cccc(Br)c2C#N)CCS1. The number of hydrogen-bond donors (Lipinski definition) is 0. The van der Waals surface area contributed by atoms with Gasteiger partial charge in [0.25, 0.3) is 0 Å². The first kappa shape index (κ1) is 11.8. The minimum atomic E-state index is 0.638. The molecule has 0 aromatic heterocycles. The Balaban J connectivity index is 2.33. The van der Waals surface area contributed by atoms with Crippen molar-refractivity contribution in [2.75, 3.05) is 23.7 Å². The van der Waals surface area contributed by atoms with Crippen LogP contribution in [0.25, 0.3) is 0 Å². The van der Waals surface area contributed by atoms with Crippen molar-refractivity contribution >= 4 is 33.4 Å². The van der Waals surface area contributed by atoms with E-state index in [0.29, 0.717) is 5.25 Å². The predicted octanol–water partition coefficient (Wildman–Crippen LogP) is 3.26. The molecule has 16 heavy (non-hydrogen) atoms. The molecule has 1 saturated heterocycles. The predicted molar refractivity (Wildman–Crippen MR) is 73.0 cm³/mol. The largest absolute Gasteiger partial charge is 0.369 e. The highest BCUT2D eigenvalue weighted by atomic mass is 79.9. The smallest absolute Gasteiger partial charge is 0.103 e. The molecule has 4 heteroatoms. The van der Waals surface area contributed by atoms with Crippen LogP contribution in [0.2, 0.25) is 0 Å². The second kappa shape index (κ2) is 5.11. The Morgan fingerprint density at radius 3 is 3.06 bits per heavy atom. The molecule has 1 aromatic carbocycles. The molecule has 84 valence electrons. The molecular formula is C12H13BrN2S. The Labute approximate surface area is 109 Å². The van der Waals surface area contributed by atoms with Gasteiger partial charge in [-0.3, -0.25) is 0 Å². The van der Waals surface area contributed by atoms with E-state index in [1.54, 1.807) is 0 Å². The van der Waals surface area contributed by atoms with E-state index < -0.39 is 0 Å². The van der Waals surface area contributed by atoms with Crippen molar-refractivity contribution in [2.24, 2.45) is 0 Å². The van der Waals surface area contributed by atoms with E-state index in [-0.39, 0.29) is 0 Å². The molecule has 1 aliphatic rings. The number of anilines is 1. The van der Waals surface area contributed by atoms with Crippen LogP contribution in [0.4, 0.5) is 5.69 Å². The molecule has 1 heterocycles. The Morgan fingerprint density at radius 1 is 1.56 bits per heavy atom. The third kappa shape index (κ3) is 2.36. The lowest BCUT2D eigenvalue weighted by molar-refractivity contribution is 0.781. The highest BCUT2D eigenvalue weighted by Gasteiger charge is 2.19. The van der Waals surface area contributed by atoms with Crippen LogP contribution in [0, 0.1) is 11.3 Å². The zero-order valence-electron chi connectivity index (χ0n) is 9.11. The number of halogens is 1. The van der Waals surface area contributed by atoms with Gasteiger partial charge in [0.05, 0.1) is 11.3 Å². The summed E-state index contributed by atoms with van der Waals surface area (Å²) >= 11 is 5.43. The van der Waals surface area contributed by atoms with Gasteiger partial charge in [-0.2, -0.15) is 17.0 Å². The monoisotopic (exact) mass is 296 g/mol.